The molecule has 37 heteroatoms. The zero-order valence-electron chi connectivity index (χ0n) is 80.1. The van der Waals surface area contributed by atoms with E-state index in [1.807, 2.05) is 0 Å². The lowest BCUT2D eigenvalue weighted by molar-refractivity contribution is -0.141. The van der Waals surface area contributed by atoms with Gasteiger partial charge in [-0.15, -0.1) is 0 Å². The highest BCUT2D eigenvalue weighted by atomic mass is 19.4. The topological polar surface area (TPSA) is 0 Å². The van der Waals surface area contributed by atoms with Crippen molar-refractivity contribution in [1.29, 1.82) is 0 Å². The Hall–Kier alpha value is -7.27. The second-order valence-electron chi connectivity index (χ2n) is 36.4. The molecule has 0 aliphatic heterocycles. The van der Waals surface area contributed by atoms with E-state index in [1.165, 1.54) is 70.7 Å². The van der Waals surface area contributed by atoms with Gasteiger partial charge in [-0.3, -0.25) is 0 Å². The molecule has 0 saturated heterocycles. The highest BCUT2D eigenvalue weighted by molar-refractivity contribution is 5.39. The third-order valence-electron chi connectivity index (χ3n) is 20.7. The molecule has 1 fully saturated rings. The third kappa shape index (κ3) is 40.7. The molecule has 0 amide bonds. The average Bonchev–Trinajstić information content (AvgIpc) is 0.756. The van der Waals surface area contributed by atoms with Gasteiger partial charge in [0.1, 0.15) is 53.9 Å². The summed E-state index contributed by atoms with van der Waals surface area (Å²) in [6.07, 6.45) is -29.7. The Balaban J connectivity index is -0.00000145. The fraction of sp³-hybridized carbons (Fsp3) is 0.629. The van der Waals surface area contributed by atoms with Gasteiger partial charge in [0.15, 0.2) is 88.3 Å². The summed E-state index contributed by atoms with van der Waals surface area (Å²) in [7, 11) is 0. The fourth-order valence-electron chi connectivity index (χ4n) is 11.7. The Labute approximate surface area is 763 Å². The van der Waals surface area contributed by atoms with Gasteiger partial charge in [0.25, 0.3) is 5.92 Å². The summed E-state index contributed by atoms with van der Waals surface area (Å²) in [5, 5.41) is 0. The van der Waals surface area contributed by atoms with Crippen LogP contribution in [0, 0.1) is 193 Å². The molecule has 1 saturated carbocycles. The van der Waals surface area contributed by atoms with Crippen LogP contribution in [0.1, 0.15) is 250 Å². The minimum atomic E-state index is -5.12. The molecule has 1 aliphatic carbocycles. The van der Waals surface area contributed by atoms with E-state index < -0.39 is 259 Å². The lowest BCUT2D eigenvalue weighted by Gasteiger charge is -2.37. The van der Waals surface area contributed by atoms with Crippen LogP contribution in [0.25, 0.3) is 0 Å². The van der Waals surface area contributed by atoms with Crippen molar-refractivity contribution >= 4 is 0 Å². The van der Waals surface area contributed by atoms with E-state index in [2.05, 4.69) is 65.8 Å². The summed E-state index contributed by atoms with van der Waals surface area (Å²) < 4.78 is 478. The molecule has 0 bridgehead atoms. The molecule has 6 aromatic rings. The van der Waals surface area contributed by atoms with Crippen LogP contribution in [0.5, 0.6) is 0 Å². The number of aryl methyl sites for hydroxylation is 1. The second kappa shape index (κ2) is 57.9. The molecule has 6 aromatic carbocycles. The smallest absolute Gasteiger partial charge is 0.247 e. The van der Waals surface area contributed by atoms with Crippen molar-refractivity contribution in [2.75, 3.05) is 0 Å². The highest BCUT2D eigenvalue weighted by Gasteiger charge is 2.54. The van der Waals surface area contributed by atoms with Crippen molar-refractivity contribution in [3.63, 3.8) is 0 Å². The maximum Gasteiger partial charge on any atom is 0.419 e. The van der Waals surface area contributed by atoms with Gasteiger partial charge in [-0.05, 0) is 143 Å². The summed E-state index contributed by atoms with van der Waals surface area (Å²) >= 11 is 0. The summed E-state index contributed by atoms with van der Waals surface area (Å²) in [5.74, 6) is -39.7. The molecule has 134 heavy (non-hydrogen) atoms. The Kier molecular flexibility index (Phi) is 56.6. The molecule has 1 aliphatic rings. The highest BCUT2D eigenvalue weighted by Crippen LogP contribution is 2.45. The van der Waals surface area contributed by atoms with Crippen LogP contribution in [0.3, 0.4) is 0 Å². The van der Waals surface area contributed by atoms with Crippen LogP contribution >= 0.6 is 0 Å². The van der Waals surface area contributed by atoms with Gasteiger partial charge < -0.3 is 0 Å². The van der Waals surface area contributed by atoms with Crippen molar-refractivity contribution in [1.82, 2.24) is 0 Å². The molecule has 0 heterocycles. The average molecular weight is 2000 g/mol. The zero-order chi connectivity index (χ0) is 106. The monoisotopic (exact) mass is 1990 g/mol. The van der Waals surface area contributed by atoms with Crippen LogP contribution in [0.4, 0.5) is 162 Å². The molecular weight excluding hydrogens is 1870 g/mol. The normalized spacial score (nSPS) is 16.9. The second-order valence-corrected chi connectivity index (χ2v) is 36.4. The van der Waals surface area contributed by atoms with E-state index in [9.17, 15) is 162 Å². The molecular formula is C97H127F37. The number of rotatable bonds is 22. The molecule has 774 valence electrons. The summed E-state index contributed by atoms with van der Waals surface area (Å²) in [6, 6.07) is 13.4. The van der Waals surface area contributed by atoms with Crippen LogP contribution in [0.2, 0.25) is 0 Å². The Morgan fingerprint density at radius 3 is 0.955 bits per heavy atom. The van der Waals surface area contributed by atoms with Gasteiger partial charge in [0, 0.05) is 63.5 Å². The molecule has 0 N–H and O–H groups in total. The van der Waals surface area contributed by atoms with E-state index >= 15 is 0 Å². The van der Waals surface area contributed by atoms with E-state index in [1.54, 1.807) is 69.2 Å². The van der Waals surface area contributed by atoms with E-state index in [4.69, 9.17) is 0 Å². The lowest BCUT2D eigenvalue weighted by atomic mass is 9.78. The van der Waals surface area contributed by atoms with Crippen LogP contribution in [0.15, 0.2) is 48.5 Å². The Morgan fingerprint density at radius 1 is 0.306 bits per heavy atom. The molecule has 7 rings (SSSR count). The van der Waals surface area contributed by atoms with Gasteiger partial charge in [-0.1, -0.05) is 201 Å². The van der Waals surface area contributed by atoms with Gasteiger partial charge in [0.05, 0.1) is 17.0 Å². The standard InChI is InChI=1S/C13H13F7.C12H12F6.C12H14F4.C11H10F6.C11H12F4.C11H16.C10H15F5.C7H13F3.C5H10F2.C5H12/c1-4(2)8(14)7(13(19)20)6-5(3)9(15)11(17)12(18)10(6)16;1-5(2)4-7-9(13)6(3)8(12(16,17)18)11(15)10(7)14;1-8(2)11(13)7-9-3-5-10(6-4-9)12(14,15)16;1-4(2)11(16,17)6-7(12)5(3)8(13)10(15)9(6)14;1-5(2)4-7-8(12)6(3)9(13)11(15)10(7)14;1-9(2)8-11-6-4-10(3)5-7-11;1-4(2)3-5-6(11)8(13)10(15)9(14)7(5)12;1-4(2)6(8)5(3)7(9)10;1-4(2)5(3,6)7;1-4-5(2)3/h4,7-8,13H,1-3H3;5H,4H2,1-3H3;3-6,8,11H,7H2,1-2H3;4H,1-3H3;5H,4H2,1-3H3;4-7,9H,8H2,1-3H3;4-10H,3H2,1-2H3;4-7H,1-3H3;4H,1-3H3;5H,4H2,1-3H3. The zero-order valence-corrected chi connectivity index (χ0v) is 80.1. The lowest BCUT2D eigenvalue weighted by Crippen LogP contribution is -2.53. The number of benzene rings is 6. The number of hydrogen-bond donors (Lipinski definition) is 0. The van der Waals surface area contributed by atoms with Crippen molar-refractivity contribution in [3.05, 3.63) is 208 Å². The van der Waals surface area contributed by atoms with Crippen LogP contribution in [-0.2, 0) is 44.0 Å². The maximum absolute atomic E-state index is 13.9. The van der Waals surface area contributed by atoms with Gasteiger partial charge >= 0.3 is 12.4 Å². The van der Waals surface area contributed by atoms with Gasteiger partial charge in [0.2, 0.25) is 18.8 Å². The fourth-order valence-corrected chi connectivity index (χ4v) is 11.7. The SMILES string of the molecule is CC(C)C(C)(F)F.CC(C)C(F)C(C)C(F)F.CC(C)C(F)Cc1ccc(C(F)(F)F)cc1.CC(C)CC1C(F)C(F)C(F)C(F)C1F.CCC(C)C.Cc1c(F)c(CC(C)C)c(F)c(F)c1C(F)(F)F.Cc1c(F)c(F)c(F)c(C(F)(F)C(C)C)c1F.Cc1c(F)c(F)c(F)c(CC(C)C)c1F.Cc1c(F)c(F)c(F)c(F)c1C(C(F)F)C(F)C(C)C.Cc1ccc(CC(C)C)cc1. The van der Waals surface area contributed by atoms with E-state index in [0.717, 1.165) is 72.4 Å². The summed E-state index contributed by atoms with van der Waals surface area (Å²) in [4.78, 5) is 0. The molecule has 0 radical (unpaired) electrons. The number of halogens is 37. The Morgan fingerprint density at radius 2 is 0.634 bits per heavy atom. The van der Waals surface area contributed by atoms with Crippen molar-refractivity contribution in [2.24, 2.45) is 71.0 Å². The van der Waals surface area contributed by atoms with Crippen molar-refractivity contribution < 1.29 is 162 Å². The number of alkyl halides is 22. The summed E-state index contributed by atoms with van der Waals surface area (Å²) in [6.45, 7) is 43.3. The maximum atomic E-state index is 13.9. The van der Waals surface area contributed by atoms with Gasteiger partial charge in [-0.25, -0.2) is 136 Å². The minimum Gasteiger partial charge on any atom is -0.247 e. The molecule has 0 spiro atoms. The van der Waals surface area contributed by atoms with Gasteiger partial charge in [-0.2, -0.15) is 26.3 Å². The first-order valence-electron chi connectivity index (χ1n) is 43.0. The molecule has 9 atom stereocenters. The van der Waals surface area contributed by atoms with E-state index in [0.29, 0.717) is 5.56 Å². The predicted octanol–water partition coefficient (Wildman–Crippen LogP) is 35.6. The van der Waals surface area contributed by atoms with Crippen molar-refractivity contribution in [3.8, 4) is 0 Å². The quantitative estimate of drug-likeness (QED) is 0.0361. The van der Waals surface area contributed by atoms with Crippen LogP contribution in [-0.4, -0.2) is 68.1 Å². The minimum absolute atomic E-state index is 0.0237. The first-order chi connectivity index (χ1) is 60.7. The molecule has 0 nitrogen and oxygen atoms in total. The molecule has 0 aromatic heterocycles. The van der Waals surface area contributed by atoms with Crippen LogP contribution < -0.4 is 0 Å². The third-order valence-corrected chi connectivity index (χ3v) is 20.7. The predicted molar refractivity (Wildman–Crippen MR) is 451 cm³/mol. The van der Waals surface area contributed by atoms with Crippen molar-refractivity contribution in [2.45, 2.75) is 325 Å². The van der Waals surface area contributed by atoms with E-state index in [-0.39, 0.29) is 60.8 Å². The number of hydrogen-bond acceptors (Lipinski definition) is 0. The first kappa shape index (κ1) is 131. The summed E-state index contributed by atoms with van der Waals surface area (Å²) in [5.41, 5.74) is -6.25. The first-order valence-corrected chi connectivity index (χ1v) is 43.0. The largest absolute Gasteiger partial charge is 0.419 e. The Bertz CT molecular complexity index is 4260. The molecule has 9 unspecified atom stereocenters.